The SMILES string of the molecule is CCCNC(CO)CCSc1nnc(SC)s1. The van der Waals surface area contributed by atoms with Gasteiger partial charge in [0, 0.05) is 11.8 Å². The van der Waals surface area contributed by atoms with Crippen molar-refractivity contribution in [3.8, 4) is 0 Å². The van der Waals surface area contributed by atoms with Crippen molar-refractivity contribution < 1.29 is 5.11 Å². The quantitative estimate of drug-likeness (QED) is 0.680. The summed E-state index contributed by atoms with van der Waals surface area (Å²) in [7, 11) is 0. The highest BCUT2D eigenvalue weighted by Crippen LogP contribution is 2.27. The topological polar surface area (TPSA) is 58.0 Å². The zero-order chi connectivity index (χ0) is 12.5. The van der Waals surface area contributed by atoms with Crippen molar-refractivity contribution in [1.29, 1.82) is 0 Å². The number of hydrogen-bond donors (Lipinski definition) is 2. The molecule has 0 saturated carbocycles. The second kappa shape index (κ2) is 9.16. The minimum Gasteiger partial charge on any atom is -0.395 e. The molecule has 0 amide bonds. The second-order valence-corrected chi connectivity index (χ2v) is 6.88. The molecule has 0 radical (unpaired) electrons. The maximum absolute atomic E-state index is 9.19. The number of nitrogens with one attached hydrogen (secondary N) is 1. The molecule has 1 rings (SSSR count). The molecule has 4 nitrogen and oxygen atoms in total. The van der Waals surface area contributed by atoms with Gasteiger partial charge in [-0.1, -0.05) is 41.8 Å². The smallest absolute Gasteiger partial charge is 0.175 e. The number of nitrogens with zero attached hydrogens (tertiary/aromatic N) is 2. The van der Waals surface area contributed by atoms with Crippen LogP contribution in [-0.4, -0.2) is 46.5 Å². The van der Waals surface area contributed by atoms with E-state index in [4.69, 9.17) is 0 Å². The van der Waals surface area contributed by atoms with E-state index in [0.29, 0.717) is 0 Å². The molecule has 0 aromatic carbocycles. The van der Waals surface area contributed by atoms with E-state index in [1.165, 1.54) is 0 Å². The van der Waals surface area contributed by atoms with E-state index in [9.17, 15) is 5.11 Å². The number of aromatic nitrogens is 2. The van der Waals surface area contributed by atoms with Crippen LogP contribution in [0.3, 0.4) is 0 Å². The normalized spacial score (nSPS) is 12.9. The Labute approximate surface area is 115 Å². The van der Waals surface area contributed by atoms with Gasteiger partial charge >= 0.3 is 0 Å². The minimum absolute atomic E-state index is 0.201. The molecule has 17 heavy (non-hydrogen) atoms. The first-order chi connectivity index (χ1) is 8.30. The van der Waals surface area contributed by atoms with E-state index >= 15 is 0 Å². The van der Waals surface area contributed by atoms with Crippen LogP contribution in [0.1, 0.15) is 19.8 Å². The zero-order valence-electron chi connectivity index (χ0n) is 10.2. The van der Waals surface area contributed by atoms with Gasteiger partial charge in [0.1, 0.15) is 0 Å². The Bertz CT molecular complexity index is 309. The van der Waals surface area contributed by atoms with Crippen molar-refractivity contribution in [3.05, 3.63) is 0 Å². The fourth-order valence-corrected chi connectivity index (χ4v) is 3.79. The maximum atomic E-state index is 9.19. The first kappa shape index (κ1) is 15.2. The highest BCUT2D eigenvalue weighted by Gasteiger charge is 2.08. The summed E-state index contributed by atoms with van der Waals surface area (Å²) in [5, 5.41) is 20.7. The van der Waals surface area contributed by atoms with Crippen LogP contribution in [0.25, 0.3) is 0 Å². The Hall–Kier alpha value is 0.180. The molecule has 1 heterocycles. The molecule has 0 bridgehead atoms. The summed E-state index contributed by atoms with van der Waals surface area (Å²) in [6.45, 7) is 3.29. The summed E-state index contributed by atoms with van der Waals surface area (Å²) in [6, 6.07) is 0.204. The molecule has 0 aliphatic heterocycles. The van der Waals surface area contributed by atoms with Gasteiger partial charge in [-0.2, -0.15) is 0 Å². The number of aliphatic hydroxyl groups excluding tert-OH is 1. The number of rotatable bonds is 9. The molecule has 0 aliphatic carbocycles. The van der Waals surface area contributed by atoms with Gasteiger partial charge in [0.15, 0.2) is 8.68 Å². The van der Waals surface area contributed by atoms with Gasteiger partial charge in [-0.25, -0.2) is 0 Å². The molecule has 0 spiro atoms. The molecule has 1 atom stereocenters. The molecular formula is C10H19N3OS3. The lowest BCUT2D eigenvalue weighted by molar-refractivity contribution is 0.240. The van der Waals surface area contributed by atoms with E-state index in [-0.39, 0.29) is 12.6 Å². The summed E-state index contributed by atoms with van der Waals surface area (Å²) in [6.07, 6.45) is 4.05. The third-order valence-corrected chi connectivity index (χ3v) is 5.22. The van der Waals surface area contributed by atoms with Crippen LogP contribution in [0, 0.1) is 0 Å². The van der Waals surface area contributed by atoms with Crippen molar-refractivity contribution in [1.82, 2.24) is 15.5 Å². The largest absolute Gasteiger partial charge is 0.395 e. The van der Waals surface area contributed by atoms with Crippen molar-refractivity contribution in [2.45, 2.75) is 34.5 Å². The predicted molar refractivity (Wildman–Crippen MR) is 76.2 cm³/mol. The lowest BCUT2D eigenvalue weighted by Gasteiger charge is -2.14. The van der Waals surface area contributed by atoms with Gasteiger partial charge < -0.3 is 10.4 Å². The molecule has 98 valence electrons. The lowest BCUT2D eigenvalue weighted by Crippen LogP contribution is -2.33. The first-order valence-electron chi connectivity index (χ1n) is 5.64. The molecule has 1 aromatic rings. The Balaban J connectivity index is 2.21. The van der Waals surface area contributed by atoms with Crippen LogP contribution in [0.5, 0.6) is 0 Å². The van der Waals surface area contributed by atoms with Crippen molar-refractivity contribution in [3.63, 3.8) is 0 Å². The maximum Gasteiger partial charge on any atom is 0.175 e. The van der Waals surface area contributed by atoms with E-state index in [1.54, 1.807) is 34.9 Å². The van der Waals surface area contributed by atoms with Crippen LogP contribution in [0.2, 0.25) is 0 Å². The van der Waals surface area contributed by atoms with Crippen molar-refractivity contribution in [2.75, 3.05) is 25.2 Å². The Morgan fingerprint density at radius 1 is 1.41 bits per heavy atom. The second-order valence-electron chi connectivity index (χ2n) is 3.51. The summed E-state index contributed by atoms with van der Waals surface area (Å²) in [4.78, 5) is 0. The third kappa shape index (κ3) is 6.05. The molecule has 2 N–H and O–H groups in total. The standard InChI is InChI=1S/C10H19N3OS3/c1-3-5-11-8(7-14)4-6-16-10-13-12-9(15-2)17-10/h8,11,14H,3-7H2,1-2H3. The molecule has 7 heteroatoms. The monoisotopic (exact) mass is 293 g/mol. The highest BCUT2D eigenvalue weighted by molar-refractivity contribution is 8.02. The summed E-state index contributed by atoms with van der Waals surface area (Å²) >= 11 is 4.97. The first-order valence-corrected chi connectivity index (χ1v) is 8.67. The zero-order valence-corrected chi connectivity index (χ0v) is 12.6. The average molecular weight is 293 g/mol. The van der Waals surface area contributed by atoms with E-state index < -0.39 is 0 Å². The highest BCUT2D eigenvalue weighted by atomic mass is 32.2. The van der Waals surface area contributed by atoms with Crippen LogP contribution >= 0.6 is 34.9 Å². The van der Waals surface area contributed by atoms with Gasteiger partial charge in [0.2, 0.25) is 0 Å². The van der Waals surface area contributed by atoms with Gasteiger partial charge in [-0.3, -0.25) is 0 Å². The third-order valence-electron chi connectivity index (χ3n) is 2.16. The van der Waals surface area contributed by atoms with Crippen LogP contribution < -0.4 is 5.32 Å². The fourth-order valence-electron chi connectivity index (χ4n) is 1.23. The van der Waals surface area contributed by atoms with Crippen molar-refractivity contribution in [2.24, 2.45) is 0 Å². The van der Waals surface area contributed by atoms with E-state index in [0.717, 1.165) is 33.8 Å². The number of aliphatic hydroxyl groups is 1. The molecule has 1 unspecified atom stereocenters. The van der Waals surface area contributed by atoms with E-state index in [1.807, 2.05) is 6.26 Å². The van der Waals surface area contributed by atoms with Gasteiger partial charge in [-0.05, 0) is 25.6 Å². The minimum atomic E-state index is 0.201. The fraction of sp³-hybridized carbons (Fsp3) is 0.800. The Kier molecular flexibility index (Phi) is 8.21. The van der Waals surface area contributed by atoms with E-state index in [2.05, 4.69) is 22.4 Å². The summed E-state index contributed by atoms with van der Waals surface area (Å²) < 4.78 is 2.02. The molecular weight excluding hydrogens is 274 g/mol. The van der Waals surface area contributed by atoms with Crippen LogP contribution in [0.4, 0.5) is 0 Å². The van der Waals surface area contributed by atoms with Gasteiger partial charge in [0.05, 0.1) is 6.61 Å². The summed E-state index contributed by atoms with van der Waals surface area (Å²) in [5.74, 6) is 0.963. The Morgan fingerprint density at radius 2 is 2.18 bits per heavy atom. The van der Waals surface area contributed by atoms with Gasteiger partial charge in [0.25, 0.3) is 0 Å². The molecule has 0 saturated heterocycles. The van der Waals surface area contributed by atoms with Crippen molar-refractivity contribution >= 4 is 34.9 Å². The Morgan fingerprint density at radius 3 is 2.76 bits per heavy atom. The van der Waals surface area contributed by atoms with Gasteiger partial charge in [-0.15, -0.1) is 10.2 Å². The number of thioether (sulfide) groups is 2. The molecule has 0 fully saturated rings. The van der Waals surface area contributed by atoms with Crippen LogP contribution in [-0.2, 0) is 0 Å². The average Bonchev–Trinajstić information content (AvgIpc) is 2.81. The molecule has 0 aliphatic rings. The summed E-state index contributed by atoms with van der Waals surface area (Å²) in [5.41, 5.74) is 0. The predicted octanol–water partition coefficient (Wildman–Crippen LogP) is 2.10. The van der Waals surface area contributed by atoms with Crippen LogP contribution in [0.15, 0.2) is 8.68 Å². The molecule has 1 aromatic heterocycles. The lowest BCUT2D eigenvalue weighted by atomic mass is 10.2. The number of hydrogen-bond acceptors (Lipinski definition) is 7.